The van der Waals surface area contributed by atoms with Gasteiger partial charge in [0.25, 0.3) is 11.8 Å². The Morgan fingerprint density at radius 3 is 2.22 bits per heavy atom. The number of halogens is 4. The van der Waals surface area contributed by atoms with Crippen molar-refractivity contribution >= 4 is 40.8 Å². The van der Waals surface area contributed by atoms with Crippen LogP contribution in [-0.4, -0.2) is 17.8 Å². The van der Waals surface area contributed by atoms with Crippen LogP contribution in [0.1, 0.15) is 32.6 Å². The molecular formula is C27H20ClF3N2O4. The maximum absolute atomic E-state index is 13.1. The molecule has 0 unspecified atom stereocenters. The summed E-state index contributed by atoms with van der Waals surface area (Å²) in [6.07, 6.45) is -4.65. The summed E-state index contributed by atoms with van der Waals surface area (Å²) in [6, 6.07) is 13.5. The monoisotopic (exact) mass is 528 g/mol. The number of ether oxygens (including phenoxy) is 1. The number of alkyl halides is 3. The van der Waals surface area contributed by atoms with E-state index < -0.39 is 34.6 Å². The molecule has 0 aliphatic carbocycles. The predicted molar refractivity (Wildman–Crippen MR) is 132 cm³/mol. The molecule has 0 saturated carbocycles. The number of nitrogens with zero attached hydrogens (tertiary/aromatic N) is 1. The summed E-state index contributed by atoms with van der Waals surface area (Å²) >= 11 is 6.07. The highest BCUT2D eigenvalue weighted by atomic mass is 35.5. The first-order valence-electron chi connectivity index (χ1n) is 11.0. The number of amides is 2. The Morgan fingerprint density at radius 1 is 0.919 bits per heavy atom. The molecule has 0 atom stereocenters. The first-order valence-corrected chi connectivity index (χ1v) is 11.4. The standard InChI is InChI=1S/C27H20ClF3N2O4/c1-14-7-8-15(2)23(16(14)3)37-26(36)17-9-11-19(12-10-17)32-22-21(28)24(34)33(25(22)35)20-6-4-5-18(13-20)27(29,30)31/h4-13,32H,1-3H3. The van der Waals surface area contributed by atoms with Crippen molar-refractivity contribution in [1.82, 2.24) is 0 Å². The maximum Gasteiger partial charge on any atom is 0.416 e. The van der Waals surface area contributed by atoms with Gasteiger partial charge in [0.1, 0.15) is 16.5 Å². The van der Waals surface area contributed by atoms with Crippen LogP contribution in [0.25, 0.3) is 0 Å². The Bertz CT molecular complexity index is 1460. The number of hydrogen-bond acceptors (Lipinski definition) is 5. The zero-order valence-corrected chi connectivity index (χ0v) is 20.6. The van der Waals surface area contributed by atoms with Crippen LogP contribution < -0.4 is 15.0 Å². The molecule has 190 valence electrons. The smallest absolute Gasteiger partial charge is 0.416 e. The highest BCUT2D eigenvalue weighted by Gasteiger charge is 2.40. The molecule has 2 amide bonds. The molecule has 0 radical (unpaired) electrons. The number of nitrogens with one attached hydrogen (secondary N) is 1. The van der Waals surface area contributed by atoms with Gasteiger partial charge in [0.05, 0.1) is 16.8 Å². The van der Waals surface area contributed by atoms with Crippen molar-refractivity contribution in [3.05, 3.63) is 99.2 Å². The van der Waals surface area contributed by atoms with Gasteiger partial charge in [-0.2, -0.15) is 13.2 Å². The molecule has 0 saturated heterocycles. The summed E-state index contributed by atoms with van der Waals surface area (Å²) in [6.45, 7) is 5.61. The van der Waals surface area contributed by atoms with Crippen molar-refractivity contribution in [2.75, 3.05) is 10.2 Å². The van der Waals surface area contributed by atoms with Crippen molar-refractivity contribution < 1.29 is 32.3 Å². The van der Waals surface area contributed by atoms with Crippen molar-refractivity contribution in [1.29, 1.82) is 0 Å². The average molecular weight is 529 g/mol. The minimum atomic E-state index is -4.65. The van der Waals surface area contributed by atoms with Gasteiger partial charge in [0.2, 0.25) is 0 Å². The zero-order chi connectivity index (χ0) is 27.1. The van der Waals surface area contributed by atoms with E-state index in [-0.39, 0.29) is 16.9 Å². The van der Waals surface area contributed by atoms with Gasteiger partial charge in [-0.15, -0.1) is 0 Å². The van der Waals surface area contributed by atoms with E-state index in [1.165, 1.54) is 30.3 Å². The van der Waals surface area contributed by atoms with Gasteiger partial charge in [-0.05, 0) is 79.9 Å². The molecule has 1 heterocycles. The Labute approximate surface area is 215 Å². The van der Waals surface area contributed by atoms with E-state index in [0.717, 1.165) is 28.8 Å². The summed E-state index contributed by atoms with van der Waals surface area (Å²) in [5, 5.41) is 2.24. The molecular weight excluding hydrogens is 509 g/mol. The van der Waals surface area contributed by atoms with Crippen LogP contribution in [-0.2, 0) is 15.8 Å². The van der Waals surface area contributed by atoms with Crippen molar-refractivity contribution in [2.24, 2.45) is 0 Å². The third-order valence-corrected chi connectivity index (χ3v) is 6.27. The van der Waals surface area contributed by atoms with Gasteiger partial charge in [0, 0.05) is 5.69 Å². The van der Waals surface area contributed by atoms with Gasteiger partial charge in [0.15, 0.2) is 0 Å². The van der Waals surface area contributed by atoms with E-state index in [9.17, 15) is 27.6 Å². The lowest BCUT2D eigenvalue weighted by Gasteiger charge is -2.17. The molecule has 10 heteroatoms. The summed E-state index contributed by atoms with van der Waals surface area (Å²) < 4.78 is 44.9. The molecule has 3 aromatic carbocycles. The molecule has 0 spiro atoms. The summed E-state index contributed by atoms with van der Waals surface area (Å²) in [4.78, 5) is 38.8. The second-order valence-electron chi connectivity index (χ2n) is 8.43. The van der Waals surface area contributed by atoms with Gasteiger partial charge >= 0.3 is 12.1 Å². The van der Waals surface area contributed by atoms with E-state index in [1.807, 2.05) is 32.9 Å². The molecule has 0 aromatic heterocycles. The topological polar surface area (TPSA) is 75.7 Å². The third-order valence-electron chi connectivity index (χ3n) is 5.92. The van der Waals surface area contributed by atoms with E-state index in [0.29, 0.717) is 22.4 Å². The number of benzene rings is 3. The number of aryl methyl sites for hydroxylation is 2. The largest absolute Gasteiger partial charge is 0.422 e. The third kappa shape index (κ3) is 5.08. The SMILES string of the molecule is Cc1ccc(C)c(OC(=O)c2ccc(NC3=C(Cl)C(=O)N(c4cccc(C(F)(F)F)c4)C3=O)cc2)c1C. The van der Waals surface area contributed by atoms with Crippen molar-refractivity contribution in [2.45, 2.75) is 26.9 Å². The number of carbonyl (C=O) groups is 3. The number of imide groups is 1. The van der Waals surface area contributed by atoms with E-state index in [2.05, 4.69) is 5.32 Å². The molecule has 3 aromatic rings. The molecule has 1 N–H and O–H groups in total. The fourth-order valence-corrected chi connectivity index (χ4v) is 3.95. The molecule has 4 rings (SSSR count). The number of carbonyl (C=O) groups excluding carboxylic acids is 3. The van der Waals surface area contributed by atoms with Crippen LogP contribution in [0, 0.1) is 20.8 Å². The number of anilines is 2. The molecule has 1 aliphatic rings. The van der Waals surface area contributed by atoms with Crippen LogP contribution in [0.15, 0.2) is 71.4 Å². The fourth-order valence-electron chi connectivity index (χ4n) is 3.74. The summed E-state index contributed by atoms with van der Waals surface area (Å²) in [5.74, 6) is -1.97. The summed E-state index contributed by atoms with van der Waals surface area (Å²) in [7, 11) is 0. The van der Waals surface area contributed by atoms with Gasteiger partial charge < -0.3 is 10.1 Å². The number of esters is 1. The Kier molecular flexibility index (Phi) is 6.84. The zero-order valence-electron chi connectivity index (χ0n) is 19.9. The quantitative estimate of drug-likeness (QED) is 0.239. The minimum Gasteiger partial charge on any atom is -0.422 e. The van der Waals surface area contributed by atoms with Crippen LogP contribution in [0.4, 0.5) is 24.5 Å². The highest BCUT2D eigenvalue weighted by Crippen LogP contribution is 2.35. The summed E-state index contributed by atoms with van der Waals surface area (Å²) in [5.41, 5.74) is 1.62. The molecule has 0 bridgehead atoms. The van der Waals surface area contributed by atoms with Crippen LogP contribution in [0.5, 0.6) is 5.75 Å². The highest BCUT2D eigenvalue weighted by molar-refractivity contribution is 6.53. The number of hydrogen-bond donors (Lipinski definition) is 1. The van der Waals surface area contributed by atoms with Crippen LogP contribution in [0.3, 0.4) is 0 Å². The second-order valence-corrected chi connectivity index (χ2v) is 8.81. The van der Waals surface area contributed by atoms with Crippen LogP contribution >= 0.6 is 11.6 Å². The van der Waals surface area contributed by atoms with Gasteiger partial charge in [-0.3, -0.25) is 9.59 Å². The normalized spacial score (nSPS) is 13.9. The first-order chi connectivity index (χ1) is 17.4. The van der Waals surface area contributed by atoms with Crippen molar-refractivity contribution in [3.63, 3.8) is 0 Å². The first kappa shape index (κ1) is 26.0. The van der Waals surface area contributed by atoms with Gasteiger partial charge in [-0.1, -0.05) is 29.8 Å². The van der Waals surface area contributed by atoms with Crippen molar-refractivity contribution in [3.8, 4) is 5.75 Å². The van der Waals surface area contributed by atoms with E-state index >= 15 is 0 Å². The Balaban J connectivity index is 1.51. The molecule has 6 nitrogen and oxygen atoms in total. The average Bonchev–Trinajstić information content (AvgIpc) is 3.07. The van der Waals surface area contributed by atoms with Gasteiger partial charge in [-0.25, -0.2) is 9.69 Å². The van der Waals surface area contributed by atoms with E-state index in [4.69, 9.17) is 16.3 Å². The molecule has 1 aliphatic heterocycles. The van der Waals surface area contributed by atoms with Crippen LogP contribution in [0.2, 0.25) is 0 Å². The second kappa shape index (κ2) is 9.74. The lowest BCUT2D eigenvalue weighted by molar-refractivity contribution is -0.137. The lowest BCUT2D eigenvalue weighted by atomic mass is 10.1. The number of rotatable bonds is 5. The predicted octanol–water partition coefficient (Wildman–Crippen LogP) is 6.29. The van der Waals surface area contributed by atoms with E-state index in [1.54, 1.807) is 0 Å². The fraction of sp³-hybridized carbons (Fsp3) is 0.148. The minimum absolute atomic E-state index is 0.241. The Morgan fingerprint density at radius 2 is 1.57 bits per heavy atom. The molecule has 0 fully saturated rings. The lowest BCUT2D eigenvalue weighted by Crippen LogP contribution is -2.32. The maximum atomic E-state index is 13.1. The Hall–Kier alpha value is -4.11. The molecule has 37 heavy (non-hydrogen) atoms.